The molecule has 5 heterocycles. The van der Waals surface area contributed by atoms with Gasteiger partial charge in [0.1, 0.15) is 18.6 Å². The number of rotatable bonds is 9. The molecule has 8 atom stereocenters. The highest BCUT2D eigenvalue weighted by molar-refractivity contribution is 8.03. The summed E-state index contributed by atoms with van der Waals surface area (Å²) < 4.78 is 1.35. The van der Waals surface area contributed by atoms with Crippen LogP contribution in [0, 0.1) is 23.7 Å². The first kappa shape index (κ1) is 27.4. The lowest BCUT2D eigenvalue weighted by molar-refractivity contribution is -0.160. The molecular formula is C27H37N7O5S. The second-order valence-electron chi connectivity index (χ2n) is 12.1. The molecular weight excluding hydrogens is 534 g/mol. The molecule has 13 heteroatoms. The van der Waals surface area contributed by atoms with Gasteiger partial charge in [-0.15, -0.1) is 16.9 Å². The summed E-state index contributed by atoms with van der Waals surface area (Å²) in [4.78, 5) is 55.9. The summed E-state index contributed by atoms with van der Waals surface area (Å²) >= 11 is 1.51. The fourth-order valence-corrected chi connectivity index (χ4v) is 9.32. The lowest BCUT2D eigenvalue weighted by Crippen LogP contribution is -2.62. The van der Waals surface area contributed by atoms with Crippen molar-refractivity contribution in [3.8, 4) is 0 Å². The van der Waals surface area contributed by atoms with Gasteiger partial charge in [-0.05, 0) is 54.4 Å². The Bertz CT molecular complexity index is 1220. The number of thioether (sulfide) groups is 1. The number of aromatic nitrogens is 4. The summed E-state index contributed by atoms with van der Waals surface area (Å²) in [6.45, 7) is 5.34. The largest absolute Gasteiger partial charge is 0.477 e. The van der Waals surface area contributed by atoms with Crippen molar-refractivity contribution in [2.24, 2.45) is 23.7 Å². The predicted molar refractivity (Wildman–Crippen MR) is 144 cm³/mol. The Morgan fingerprint density at radius 3 is 2.77 bits per heavy atom. The maximum Gasteiger partial charge on any atom is 0.353 e. The first-order valence-corrected chi connectivity index (χ1v) is 15.4. The summed E-state index contributed by atoms with van der Waals surface area (Å²) in [5, 5.41) is 24.4. The highest BCUT2D eigenvalue weighted by Crippen LogP contribution is 2.53. The normalized spacial score (nSPS) is 34.0. The van der Waals surface area contributed by atoms with Crippen molar-refractivity contribution in [2.75, 3.05) is 13.1 Å². The lowest BCUT2D eigenvalue weighted by Gasteiger charge is -2.47. The molecule has 0 unspecified atom stereocenters. The number of carboxylic acids is 1. The maximum absolute atomic E-state index is 13.5. The molecule has 5 aliphatic rings. The van der Waals surface area contributed by atoms with Gasteiger partial charge in [-0.3, -0.25) is 14.4 Å². The topological polar surface area (TPSA) is 151 Å². The molecule has 0 bridgehead atoms. The van der Waals surface area contributed by atoms with Crippen molar-refractivity contribution in [1.82, 2.24) is 35.3 Å². The number of piperidine rings is 1. The molecule has 12 nitrogen and oxygen atoms in total. The molecule has 3 saturated heterocycles. The van der Waals surface area contributed by atoms with Crippen molar-refractivity contribution in [2.45, 2.75) is 88.7 Å². The fourth-order valence-electron chi connectivity index (χ4n) is 7.84. The third-order valence-corrected chi connectivity index (χ3v) is 11.2. The number of ketones is 1. The van der Waals surface area contributed by atoms with Crippen LogP contribution in [-0.4, -0.2) is 95.1 Å². The Morgan fingerprint density at radius 1 is 1.23 bits per heavy atom. The second kappa shape index (κ2) is 10.9. The van der Waals surface area contributed by atoms with Gasteiger partial charge in [0.2, 0.25) is 11.8 Å². The van der Waals surface area contributed by atoms with Crippen molar-refractivity contribution in [3.63, 3.8) is 0 Å². The number of aliphatic carboxylic acids is 1. The van der Waals surface area contributed by atoms with E-state index in [0.29, 0.717) is 29.8 Å². The Morgan fingerprint density at radius 2 is 2.02 bits per heavy atom. The van der Waals surface area contributed by atoms with Gasteiger partial charge >= 0.3 is 5.97 Å². The van der Waals surface area contributed by atoms with Gasteiger partial charge in [-0.25, -0.2) is 9.48 Å². The van der Waals surface area contributed by atoms with Crippen LogP contribution in [0.3, 0.4) is 0 Å². The molecule has 0 spiro atoms. The van der Waals surface area contributed by atoms with E-state index in [-0.39, 0.29) is 65.4 Å². The SMILES string of the molecule is C[C@@H](CC(=O)Cn1cnnn1)[C@H]1C(=O)N2C(C(=O)O)=C(S[C@@H]3CN[C@H](C(=O)N4CCC[C@H]5CCC[C@H]54)C3)[C@H](C)[C@H]12. The van der Waals surface area contributed by atoms with Crippen molar-refractivity contribution in [1.29, 1.82) is 0 Å². The molecule has 2 amide bonds. The van der Waals surface area contributed by atoms with Crippen molar-refractivity contribution in [3.05, 3.63) is 16.9 Å². The van der Waals surface area contributed by atoms with E-state index in [0.717, 1.165) is 19.4 Å². The number of likely N-dealkylation sites (tertiary alicyclic amines) is 1. The average molecular weight is 572 g/mol. The van der Waals surface area contributed by atoms with E-state index in [9.17, 15) is 24.3 Å². The van der Waals surface area contributed by atoms with Crippen LogP contribution in [-0.2, 0) is 25.7 Å². The highest BCUT2D eigenvalue weighted by Gasteiger charge is 2.60. The van der Waals surface area contributed by atoms with Crippen molar-refractivity contribution < 1.29 is 24.3 Å². The summed E-state index contributed by atoms with van der Waals surface area (Å²) in [7, 11) is 0. The number of nitrogens with one attached hydrogen (secondary N) is 1. The number of carbonyl (C=O) groups is 4. The number of hydrogen-bond acceptors (Lipinski definition) is 9. The molecule has 1 aromatic heterocycles. The van der Waals surface area contributed by atoms with E-state index in [2.05, 4.69) is 25.7 Å². The van der Waals surface area contributed by atoms with Crippen molar-refractivity contribution >= 4 is 35.3 Å². The van der Waals surface area contributed by atoms with E-state index in [4.69, 9.17) is 0 Å². The van der Waals surface area contributed by atoms with E-state index in [1.165, 1.54) is 46.9 Å². The molecule has 40 heavy (non-hydrogen) atoms. The number of tetrazole rings is 1. The molecule has 1 aromatic rings. The van der Waals surface area contributed by atoms with Crippen LogP contribution < -0.4 is 5.32 Å². The standard InChI is InChI=1S/C27H37N7O5S/c1-14(9-17(35)12-32-13-29-30-31-32)21-22-15(2)24(23(27(38)39)34(22)26(21)37)40-18-10-19(28-11-18)25(36)33-8-4-6-16-5-3-7-20(16)33/h13-16,18-22,28H,3-12H2,1-2H3,(H,38,39)/t14-,15+,16+,18-,19-,20+,21+,22+/m0/s1. The zero-order chi connectivity index (χ0) is 28.1. The molecule has 1 aliphatic carbocycles. The van der Waals surface area contributed by atoms with Crippen LogP contribution in [0.4, 0.5) is 0 Å². The summed E-state index contributed by atoms with van der Waals surface area (Å²) in [6.07, 6.45) is 8.01. The smallest absolute Gasteiger partial charge is 0.353 e. The zero-order valence-electron chi connectivity index (χ0n) is 22.9. The number of hydrogen-bond donors (Lipinski definition) is 2. The van der Waals surface area contributed by atoms with E-state index in [1.54, 1.807) is 0 Å². The fraction of sp³-hybridized carbons (Fsp3) is 0.741. The molecule has 2 N–H and O–H groups in total. The molecule has 1 saturated carbocycles. The number of fused-ring (bicyclic) bond motifs is 2. The van der Waals surface area contributed by atoms with Crippen LogP contribution >= 0.6 is 11.8 Å². The highest BCUT2D eigenvalue weighted by atomic mass is 32.2. The summed E-state index contributed by atoms with van der Waals surface area (Å²) in [5.41, 5.74) is 0.0653. The Kier molecular flexibility index (Phi) is 7.45. The lowest BCUT2D eigenvalue weighted by atomic mass is 9.73. The number of β-lactam (4-membered cyclic amide) rings is 1. The van der Waals surface area contributed by atoms with Gasteiger partial charge in [-0.2, -0.15) is 0 Å². The Balaban J connectivity index is 1.10. The van der Waals surface area contributed by atoms with Gasteiger partial charge in [-0.1, -0.05) is 20.3 Å². The monoisotopic (exact) mass is 571 g/mol. The van der Waals surface area contributed by atoms with Crippen LogP contribution in [0.5, 0.6) is 0 Å². The summed E-state index contributed by atoms with van der Waals surface area (Å²) in [5.74, 6) is -1.42. The number of carboxylic acid groups (broad SMARTS) is 1. The number of Topliss-reactive ketones (excluding diaryl/α,β-unsaturated/α-hetero) is 1. The average Bonchev–Trinajstić information content (AvgIpc) is 3.71. The zero-order valence-corrected chi connectivity index (χ0v) is 23.8. The first-order chi connectivity index (χ1) is 19.2. The van der Waals surface area contributed by atoms with Gasteiger partial charge < -0.3 is 20.2 Å². The molecule has 6 rings (SSSR count). The van der Waals surface area contributed by atoms with Gasteiger partial charge in [0.05, 0.1) is 18.0 Å². The van der Waals surface area contributed by atoms with Gasteiger partial charge in [0.25, 0.3) is 0 Å². The Hall–Kier alpha value is -2.80. The minimum Gasteiger partial charge on any atom is -0.477 e. The molecule has 216 valence electrons. The Labute approximate surface area is 237 Å². The minimum absolute atomic E-state index is 0.0370. The van der Waals surface area contributed by atoms with Crippen LogP contribution in [0.2, 0.25) is 0 Å². The van der Waals surface area contributed by atoms with Crippen LogP contribution in [0.25, 0.3) is 0 Å². The van der Waals surface area contributed by atoms with Gasteiger partial charge in [0, 0.05) is 41.6 Å². The molecule has 0 aromatic carbocycles. The molecule has 4 fully saturated rings. The minimum atomic E-state index is -1.11. The molecule has 0 radical (unpaired) electrons. The van der Waals surface area contributed by atoms with Crippen LogP contribution in [0.15, 0.2) is 16.9 Å². The molecule has 4 aliphatic heterocycles. The van der Waals surface area contributed by atoms with Crippen LogP contribution in [0.1, 0.15) is 58.8 Å². The predicted octanol–water partition coefficient (Wildman–Crippen LogP) is 1.30. The quantitative estimate of drug-likeness (QED) is 0.415. The second-order valence-corrected chi connectivity index (χ2v) is 13.5. The van der Waals surface area contributed by atoms with Gasteiger partial charge in [0.15, 0.2) is 5.78 Å². The number of amides is 2. The summed E-state index contributed by atoms with van der Waals surface area (Å²) in [6, 6.07) is -0.157. The van der Waals surface area contributed by atoms with E-state index in [1.807, 2.05) is 13.8 Å². The number of nitrogens with zero attached hydrogens (tertiary/aromatic N) is 6. The first-order valence-electron chi connectivity index (χ1n) is 14.5. The van der Waals surface area contributed by atoms with E-state index < -0.39 is 11.9 Å². The van der Waals surface area contributed by atoms with E-state index >= 15 is 0 Å². The third-order valence-electron chi connectivity index (χ3n) is 9.64. The number of carbonyl (C=O) groups excluding carboxylic acids is 3. The third kappa shape index (κ3) is 4.74. The maximum atomic E-state index is 13.5.